The Kier molecular flexibility index (Phi) is 1.32. The molecular formula is C6H4N3. The van der Waals surface area contributed by atoms with E-state index in [2.05, 4.69) is 4.98 Å². The average Bonchev–Trinajstić information content (AvgIpc) is 1.89. The maximum atomic E-state index is 8.31. The highest BCUT2D eigenvalue weighted by molar-refractivity contribution is 5.44. The van der Waals surface area contributed by atoms with E-state index in [-0.39, 0.29) is 5.82 Å². The molecule has 0 bridgehead atoms. The van der Waals surface area contributed by atoms with Gasteiger partial charge in [-0.15, -0.1) is 0 Å². The lowest BCUT2D eigenvalue weighted by molar-refractivity contribution is 1.23. The van der Waals surface area contributed by atoms with Crippen molar-refractivity contribution in [1.82, 2.24) is 10.7 Å². The van der Waals surface area contributed by atoms with Crippen LogP contribution >= 0.6 is 0 Å². The number of aromatic nitrogens is 1. The van der Waals surface area contributed by atoms with E-state index in [0.717, 1.165) is 0 Å². The molecule has 1 heterocycles. The number of hydrogen-bond donors (Lipinski definition) is 0. The maximum absolute atomic E-state index is 8.31. The van der Waals surface area contributed by atoms with Crippen LogP contribution in [-0.2, 0) is 0 Å². The lowest BCUT2D eigenvalue weighted by atomic mass is 10.3. The second-order valence-electron chi connectivity index (χ2n) is 1.51. The fourth-order valence-corrected chi connectivity index (χ4v) is 0.496. The molecule has 1 N–H and O–H groups in total. The van der Waals surface area contributed by atoms with Gasteiger partial charge in [0, 0.05) is 6.20 Å². The van der Waals surface area contributed by atoms with Gasteiger partial charge in [0.15, 0.2) is 5.82 Å². The summed E-state index contributed by atoms with van der Waals surface area (Å²) in [5, 5.41) is 8.31. The second-order valence-corrected chi connectivity index (χ2v) is 1.51. The average molecular weight is 118 g/mol. The van der Waals surface area contributed by atoms with Crippen LogP contribution in [0.15, 0.2) is 18.3 Å². The predicted molar refractivity (Wildman–Crippen MR) is 31.7 cm³/mol. The zero-order valence-corrected chi connectivity index (χ0v) is 4.63. The van der Waals surface area contributed by atoms with Gasteiger partial charge in [0.05, 0.1) is 5.56 Å². The molecule has 3 heteroatoms. The van der Waals surface area contributed by atoms with E-state index in [9.17, 15) is 0 Å². The summed E-state index contributed by atoms with van der Waals surface area (Å²) in [6, 6.07) is 5.05. The van der Waals surface area contributed by atoms with E-state index < -0.39 is 0 Å². The molecule has 0 spiro atoms. The van der Waals surface area contributed by atoms with E-state index in [1.54, 1.807) is 12.1 Å². The Bertz CT molecular complexity index is 249. The number of nitriles is 1. The predicted octanol–water partition coefficient (Wildman–Crippen LogP) is 0.868. The van der Waals surface area contributed by atoms with Gasteiger partial charge in [-0.3, -0.25) is 5.73 Å². The lowest BCUT2D eigenvalue weighted by Gasteiger charge is -1.88. The molecule has 1 aromatic heterocycles. The Morgan fingerprint density at radius 1 is 1.67 bits per heavy atom. The van der Waals surface area contributed by atoms with Gasteiger partial charge in [-0.2, -0.15) is 5.26 Å². The number of rotatable bonds is 0. The highest BCUT2D eigenvalue weighted by Crippen LogP contribution is 2.04. The SMILES string of the molecule is N#Cc1cccnc1[NH]. The van der Waals surface area contributed by atoms with Crippen LogP contribution in [0, 0.1) is 11.3 Å². The van der Waals surface area contributed by atoms with E-state index in [4.69, 9.17) is 11.0 Å². The first kappa shape index (κ1) is 5.57. The third kappa shape index (κ3) is 0.970. The molecule has 1 radical (unpaired) electrons. The van der Waals surface area contributed by atoms with Gasteiger partial charge in [-0.1, -0.05) is 0 Å². The van der Waals surface area contributed by atoms with Crippen molar-refractivity contribution in [3.63, 3.8) is 0 Å². The van der Waals surface area contributed by atoms with Crippen molar-refractivity contribution in [1.29, 1.82) is 5.26 Å². The molecule has 0 saturated carbocycles. The Labute approximate surface area is 52.7 Å². The summed E-state index contributed by atoms with van der Waals surface area (Å²) < 4.78 is 0. The lowest BCUT2D eigenvalue weighted by Crippen LogP contribution is -1.81. The van der Waals surface area contributed by atoms with Crippen LogP contribution < -0.4 is 5.73 Å². The van der Waals surface area contributed by atoms with Crippen molar-refractivity contribution in [3.05, 3.63) is 23.9 Å². The summed E-state index contributed by atoms with van der Waals surface area (Å²) in [6.07, 6.45) is 1.49. The number of hydrogen-bond acceptors (Lipinski definition) is 2. The molecule has 3 nitrogen and oxygen atoms in total. The Balaban J connectivity index is 3.20. The molecule has 1 aromatic rings. The van der Waals surface area contributed by atoms with Crippen LogP contribution in [0.5, 0.6) is 0 Å². The van der Waals surface area contributed by atoms with E-state index in [0.29, 0.717) is 5.56 Å². The van der Waals surface area contributed by atoms with Crippen molar-refractivity contribution in [2.45, 2.75) is 0 Å². The highest BCUT2D eigenvalue weighted by atomic mass is 14.8. The standard InChI is InChI=1S/C6H4N3/c7-4-5-2-1-3-9-6(5)8/h1-3,8H. The summed E-state index contributed by atoms with van der Waals surface area (Å²) >= 11 is 0. The van der Waals surface area contributed by atoms with Crippen LogP contribution in [0.1, 0.15) is 5.56 Å². The molecule has 0 aliphatic carbocycles. The van der Waals surface area contributed by atoms with Crippen LogP contribution in [0.4, 0.5) is 5.82 Å². The van der Waals surface area contributed by atoms with Crippen molar-refractivity contribution in [2.75, 3.05) is 0 Å². The van der Waals surface area contributed by atoms with Gasteiger partial charge in [-0.25, -0.2) is 4.98 Å². The summed E-state index contributed by atoms with van der Waals surface area (Å²) in [4.78, 5) is 3.59. The molecule has 0 unspecified atom stereocenters. The van der Waals surface area contributed by atoms with Crippen molar-refractivity contribution >= 4 is 5.82 Å². The number of nitrogens with one attached hydrogen (secondary N) is 1. The minimum atomic E-state index is 0.0417. The Hall–Kier alpha value is -1.56. The molecule has 0 aliphatic heterocycles. The third-order valence-electron chi connectivity index (χ3n) is 0.928. The van der Waals surface area contributed by atoms with E-state index in [1.807, 2.05) is 6.07 Å². The quantitative estimate of drug-likeness (QED) is 0.507. The van der Waals surface area contributed by atoms with Gasteiger partial charge in [0.1, 0.15) is 6.07 Å². The number of nitrogens with zero attached hydrogens (tertiary/aromatic N) is 2. The molecule has 43 valence electrons. The molecule has 0 saturated heterocycles. The normalized spacial score (nSPS) is 8.33. The minimum absolute atomic E-state index is 0.0417. The largest absolute Gasteiger partial charge is 0.282 e. The molecule has 9 heavy (non-hydrogen) atoms. The second kappa shape index (κ2) is 2.14. The smallest absolute Gasteiger partial charge is 0.162 e. The van der Waals surface area contributed by atoms with E-state index in [1.165, 1.54) is 6.20 Å². The van der Waals surface area contributed by atoms with Gasteiger partial charge in [0.25, 0.3) is 0 Å². The van der Waals surface area contributed by atoms with Crippen LogP contribution in [0.25, 0.3) is 0 Å². The topological polar surface area (TPSA) is 60.5 Å². The van der Waals surface area contributed by atoms with Gasteiger partial charge < -0.3 is 0 Å². The Morgan fingerprint density at radius 2 is 2.44 bits per heavy atom. The molecule has 0 aromatic carbocycles. The molecule has 0 aliphatic rings. The third-order valence-corrected chi connectivity index (χ3v) is 0.928. The number of pyridine rings is 1. The minimum Gasteiger partial charge on any atom is -0.282 e. The zero-order valence-electron chi connectivity index (χ0n) is 4.63. The highest BCUT2D eigenvalue weighted by Gasteiger charge is 1.93. The Morgan fingerprint density at radius 3 is 2.89 bits per heavy atom. The van der Waals surface area contributed by atoms with Gasteiger partial charge in [0.2, 0.25) is 0 Å². The monoisotopic (exact) mass is 118 g/mol. The zero-order chi connectivity index (χ0) is 6.69. The molecule has 1 rings (SSSR count). The fourth-order valence-electron chi connectivity index (χ4n) is 0.496. The van der Waals surface area contributed by atoms with Gasteiger partial charge in [-0.05, 0) is 12.1 Å². The van der Waals surface area contributed by atoms with Crippen LogP contribution in [0.3, 0.4) is 0 Å². The molecular weight excluding hydrogens is 114 g/mol. The molecule has 0 fully saturated rings. The summed E-state index contributed by atoms with van der Waals surface area (Å²) in [5.74, 6) is 0.0417. The first-order valence-corrected chi connectivity index (χ1v) is 2.41. The van der Waals surface area contributed by atoms with Crippen molar-refractivity contribution in [3.8, 4) is 6.07 Å². The summed E-state index contributed by atoms with van der Waals surface area (Å²) in [7, 11) is 0. The summed E-state index contributed by atoms with van der Waals surface area (Å²) in [6.45, 7) is 0. The van der Waals surface area contributed by atoms with Gasteiger partial charge >= 0.3 is 0 Å². The fraction of sp³-hybridized carbons (Fsp3) is 0. The van der Waals surface area contributed by atoms with Crippen LogP contribution in [-0.4, -0.2) is 4.98 Å². The maximum Gasteiger partial charge on any atom is 0.162 e. The van der Waals surface area contributed by atoms with E-state index >= 15 is 0 Å². The first-order valence-electron chi connectivity index (χ1n) is 2.41. The van der Waals surface area contributed by atoms with Crippen LogP contribution in [0.2, 0.25) is 0 Å². The molecule has 0 atom stereocenters. The summed E-state index contributed by atoms with van der Waals surface area (Å²) in [5.41, 5.74) is 7.35. The molecule has 0 amide bonds. The first-order chi connectivity index (χ1) is 4.34. The van der Waals surface area contributed by atoms with Crippen molar-refractivity contribution in [2.24, 2.45) is 0 Å². The van der Waals surface area contributed by atoms with Crippen molar-refractivity contribution < 1.29 is 0 Å².